The van der Waals surface area contributed by atoms with Crippen molar-refractivity contribution < 1.29 is 13.9 Å². The molecule has 284 valence electrons. The van der Waals surface area contributed by atoms with Crippen molar-refractivity contribution in [3.05, 3.63) is 193 Å². The van der Waals surface area contributed by atoms with E-state index in [1.807, 2.05) is 42.5 Å². The Morgan fingerprint density at radius 3 is 1.78 bits per heavy atom. The summed E-state index contributed by atoms with van der Waals surface area (Å²) in [4.78, 5) is 10.2. The van der Waals surface area contributed by atoms with Gasteiger partial charge >= 0.3 is 0 Å². The standard InChI is InChI=1S/C55H36N2O3/c1-55(2)43-19-8-6-15-42(43)50-44(55)30-31-49-53(50)60-48-21-11-17-39(52(48)59-49)34-24-28-36(29-25-34)46-32-45(56-54(57-46)37-12-4-3-5-13-37)35-26-22-33(23-27-35)38-16-10-18-41-40-14-7-9-20-47(40)58-51(38)41/h3-32H,1-2H3. The molecule has 0 fully saturated rings. The summed E-state index contributed by atoms with van der Waals surface area (Å²) >= 11 is 0. The zero-order valence-corrected chi connectivity index (χ0v) is 32.9. The number of aromatic nitrogens is 2. The average Bonchev–Trinajstić information content (AvgIpc) is 3.80. The minimum absolute atomic E-state index is 0.127. The third-order valence-corrected chi connectivity index (χ3v) is 12.2. The summed E-state index contributed by atoms with van der Waals surface area (Å²) in [6.45, 7) is 4.55. The predicted molar refractivity (Wildman–Crippen MR) is 241 cm³/mol. The van der Waals surface area contributed by atoms with Gasteiger partial charge in [-0.05, 0) is 52.1 Å². The second-order valence-corrected chi connectivity index (χ2v) is 16.1. The monoisotopic (exact) mass is 772 g/mol. The van der Waals surface area contributed by atoms with E-state index < -0.39 is 0 Å². The van der Waals surface area contributed by atoms with Gasteiger partial charge in [0.25, 0.3) is 0 Å². The quantitative estimate of drug-likeness (QED) is 0.174. The van der Waals surface area contributed by atoms with Gasteiger partial charge in [0.1, 0.15) is 11.2 Å². The normalized spacial score (nSPS) is 13.2. The van der Waals surface area contributed by atoms with Crippen molar-refractivity contribution >= 4 is 21.9 Å². The fraction of sp³-hybridized carbons (Fsp3) is 0.0545. The van der Waals surface area contributed by atoms with Gasteiger partial charge in [0.15, 0.2) is 28.8 Å². The SMILES string of the molecule is CC1(C)c2ccccc2-c2c1ccc1c2Oc2cccc(-c3ccc(-c4cc(-c5ccc(-c6cccc7c6oc6ccccc67)cc5)nc(-c5ccccc5)n4)cc3)c2O1. The molecule has 1 aliphatic carbocycles. The van der Waals surface area contributed by atoms with Crippen LogP contribution in [-0.2, 0) is 5.41 Å². The Labute approximate surface area is 347 Å². The molecular formula is C55H36N2O3. The number of hydrogen-bond donors (Lipinski definition) is 0. The Morgan fingerprint density at radius 1 is 0.417 bits per heavy atom. The topological polar surface area (TPSA) is 57.4 Å². The van der Waals surface area contributed by atoms with Crippen molar-refractivity contribution in [1.29, 1.82) is 0 Å². The number of rotatable bonds is 5. The lowest BCUT2D eigenvalue weighted by atomic mass is 9.82. The van der Waals surface area contributed by atoms with Crippen molar-refractivity contribution in [3.8, 4) is 90.3 Å². The zero-order valence-electron chi connectivity index (χ0n) is 32.9. The summed E-state index contributed by atoms with van der Waals surface area (Å²) < 4.78 is 19.8. The van der Waals surface area contributed by atoms with Crippen molar-refractivity contribution in [1.82, 2.24) is 9.97 Å². The van der Waals surface area contributed by atoms with Gasteiger partial charge in [-0.1, -0.05) is 172 Å². The maximum Gasteiger partial charge on any atom is 0.178 e. The largest absolute Gasteiger partial charge is 0.455 e. The van der Waals surface area contributed by atoms with E-state index in [2.05, 4.69) is 153 Å². The van der Waals surface area contributed by atoms with Gasteiger partial charge in [-0.15, -0.1) is 0 Å². The van der Waals surface area contributed by atoms with Crippen LogP contribution in [-0.4, -0.2) is 9.97 Å². The first-order chi connectivity index (χ1) is 29.5. The molecule has 5 nitrogen and oxygen atoms in total. The van der Waals surface area contributed by atoms with E-state index in [1.165, 1.54) is 16.7 Å². The van der Waals surface area contributed by atoms with Crippen LogP contribution in [0.25, 0.3) is 89.2 Å². The Hall–Kier alpha value is -7.76. The highest BCUT2D eigenvalue weighted by atomic mass is 16.6. The van der Waals surface area contributed by atoms with E-state index in [9.17, 15) is 0 Å². The van der Waals surface area contributed by atoms with Crippen LogP contribution in [0.4, 0.5) is 0 Å². The molecule has 0 radical (unpaired) electrons. The van der Waals surface area contributed by atoms with Crippen LogP contribution in [0.2, 0.25) is 0 Å². The van der Waals surface area contributed by atoms with Crippen molar-refractivity contribution in [2.75, 3.05) is 0 Å². The first-order valence-electron chi connectivity index (χ1n) is 20.3. The summed E-state index contributed by atoms with van der Waals surface area (Å²) in [5.41, 5.74) is 15.2. The molecule has 5 heteroatoms. The Kier molecular flexibility index (Phi) is 7.51. The number of para-hydroxylation sites is 3. The van der Waals surface area contributed by atoms with Gasteiger partial charge in [-0.3, -0.25) is 0 Å². The van der Waals surface area contributed by atoms with E-state index >= 15 is 0 Å². The van der Waals surface area contributed by atoms with Crippen LogP contribution in [0.1, 0.15) is 25.0 Å². The second kappa shape index (κ2) is 13.1. The number of fused-ring (bicyclic) bond motifs is 9. The van der Waals surface area contributed by atoms with Crippen LogP contribution in [0.5, 0.6) is 23.0 Å². The maximum atomic E-state index is 6.75. The molecule has 0 unspecified atom stereocenters. The number of nitrogens with zero attached hydrogens (tertiary/aromatic N) is 2. The predicted octanol–water partition coefficient (Wildman–Crippen LogP) is 14.9. The smallest absolute Gasteiger partial charge is 0.178 e. The van der Waals surface area contributed by atoms with E-state index in [4.69, 9.17) is 23.9 Å². The van der Waals surface area contributed by atoms with Gasteiger partial charge in [0.05, 0.1) is 11.4 Å². The summed E-state index contributed by atoms with van der Waals surface area (Å²) in [6.07, 6.45) is 0. The van der Waals surface area contributed by atoms with Crippen LogP contribution in [0.15, 0.2) is 186 Å². The van der Waals surface area contributed by atoms with E-state index in [-0.39, 0.29) is 5.41 Å². The number of ether oxygens (including phenoxy) is 2. The highest BCUT2D eigenvalue weighted by Crippen LogP contribution is 2.59. The van der Waals surface area contributed by atoms with E-state index in [0.29, 0.717) is 17.3 Å². The number of hydrogen-bond acceptors (Lipinski definition) is 5. The number of benzene rings is 8. The maximum absolute atomic E-state index is 6.75. The van der Waals surface area contributed by atoms with Gasteiger partial charge in [-0.25, -0.2) is 9.97 Å². The molecular weight excluding hydrogens is 737 g/mol. The lowest BCUT2D eigenvalue weighted by Gasteiger charge is -2.26. The van der Waals surface area contributed by atoms with Crippen molar-refractivity contribution in [3.63, 3.8) is 0 Å². The fourth-order valence-corrected chi connectivity index (χ4v) is 9.15. The molecule has 0 saturated heterocycles. The molecule has 0 bridgehead atoms. The highest BCUT2D eigenvalue weighted by molar-refractivity contribution is 6.09. The number of furan rings is 1. The Morgan fingerprint density at radius 2 is 1.00 bits per heavy atom. The van der Waals surface area contributed by atoms with Crippen LogP contribution in [0.3, 0.4) is 0 Å². The molecule has 60 heavy (non-hydrogen) atoms. The van der Waals surface area contributed by atoms with Crippen molar-refractivity contribution in [2.45, 2.75) is 19.3 Å². The first kappa shape index (κ1) is 34.3. The fourth-order valence-electron chi connectivity index (χ4n) is 9.15. The molecule has 0 amide bonds. The van der Waals surface area contributed by atoms with Crippen LogP contribution in [0, 0.1) is 0 Å². The third-order valence-electron chi connectivity index (χ3n) is 12.2. The molecule has 8 aromatic carbocycles. The minimum Gasteiger partial charge on any atom is -0.455 e. The molecule has 2 aromatic heterocycles. The van der Waals surface area contributed by atoms with E-state index in [1.54, 1.807) is 0 Å². The molecule has 12 rings (SSSR count). The molecule has 2 aliphatic rings. The Balaban J connectivity index is 0.887. The van der Waals surface area contributed by atoms with Crippen LogP contribution < -0.4 is 9.47 Å². The summed E-state index contributed by atoms with van der Waals surface area (Å²) in [5, 5.41) is 2.24. The van der Waals surface area contributed by atoms with E-state index in [0.717, 1.165) is 89.3 Å². The van der Waals surface area contributed by atoms with Gasteiger partial charge < -0.3 is 13.9 Å². The summed E-state index contributed by atoms with van der Waals surface area (Å²) in [6, 6.07) is 62.8. The molecule has 0 saturated carbocycles. The van der Waals surface area contributed by atoms with Crippen LogP contribution >= 0.6 is 0 Å². The molecule has 10 aromatic rings. The average molecular weight is 773 g/mol. The second-order valence-electron chi connectivity index (χ2n) is 16.1. The third kappa shape index (κ3) is 5.33. The molecule has 3 heterocycles. The lowest BCUT2D eigenvalue weighted by molar-refractivity contribution is 0.361. The van der Waals surface area contributed by atoms with Gasteiger partial charge in [-0.2, -0.15) is 0 Å². The summed E-state index contributed by atoms with van der Waals surface area (Å²) in [5.74, 6) is 3.57. The molecule has 0 atom stereocenters. The first-order valence-corrected chi connectivity index (χ1v) is 20.3. The Bertz CT molecular complexity index is 3330. The zero-order chi connectivity index (χ0) is 40.0. The van der Waals surface area contributed by atoms with Crippen molar-refractivity contribution in [2.24, 2.45) is 0 Å². The summed E-state index contributed by atoms with van der Waals surface area (Å²) in [7, 11) is 0. The minimum atomic E-state index is -0.127. The molecule has 0 spiro atoms. The molecule has 1 aliphatic heterocycles. The highest BCUT2D eigenvalue weighted by Gasteiger charge is 2.39. The van der Waals surface area contributed by atoms with Gasteiger partial charge in [0.2, 0.25) is 0 Å². The lowest BCUT2D eigenvalue weighted by Crippen LogP contribution is -2.15. The van der Waals surface area contributed by atoms with Gasteiger partial charge in [0, 0.05) is 49.6 Å². The molecule has 0 N–H and O–H groups in total.